The number of hydrogen-bond donors (Lipinski definition) is 1. The summed E-state index contributed by atoms with van der Waals surface area (Å²) in [4.78, 5) is 19.4. The van der Waals surface area contributed by atoms with Gasteiger partial charge in [0.1, 0.15) is 5.75 Å². The molecule has 0 aliphatic heterocycles. The number of nitrogens with one attached hydrogen (secondary N) is 1. The molecule has 0 bridgehead atoms. The molecule has 1 aromatic heterocycles. The van der Waals surface area contributed by atoms with Crippen LogP contribution in [0.4, 0.5) is 10.8 Å². The number of carbonyl (C=O) groups excluding carboxylic acids is 1. The molecule has 0 saturated carbocycles. The molecule has 32 heavy (non-hydrogen) atoms. The van der Waals surface area contributed by atoms with Crippen molar-refractivity contribution in [3.63, 3.8) is 0 Å². The van der Waals surface area contributed by atoms with Gasteiger partial charge in [-0.3, -0.25) is 4.79 Å². The molecule has 0 unspecified atom stereocenters. The van der Waals surface area contributed by atoms with Crippen molar-refractivity contribution in [2.45, 2.75) is 32.7 Å². The minimum atomic E-state index is -0.102. The Morgan fingerprint density at radius 2 is 1.75 bits per heavy atom. The van der Waals surface area contributed by atoms with Crippen molar-refractivity contribution in [3.05, 3.63) is 70.7 Å². The number of hydrogen-bond acceptors (Lipinski definition) is 6. The summed E-state index contributed by atoms with van der Waals surface area (Å²) in [6.07, 6.45) is 0. The van der Waals surface area contributed by atoms with Gasteiger partial charge in [0.05, 0.1) is 26.0 Å². The minimum Gasteiger partial charge on any atom is -0.497 e. The summed E-state index contributed by atoms with van der Waals surface area (Å²) in [5, 5.41) is 5.90. The SMILES string of the molecule is COCCNC(=O)c1ccc(CN(c2ccc(OC)cc2)c2nc(C(C)(C)C)cs2)cc1. The molecular weight excluding hydrogens is 422 g/mol. The van der Waals surface area contributed by atoms with Crippen molar-refractivity contribution in [2.75, 3.05) is 32.3 Å². The van der Waals surface area contributed by atoms with Crippen LogP contribution in [0.5, 0.6) is 5.75 Å². The van der Waals surface area contributed by atoms with E-state index in [0.717, 1.165) is 27.8 Å². The van der Waals surface area contributed by atoms with E-state index in [9.17, 15) is 4.79 Å². The topological polar surface area (TPSA) is 63.7 Å². The molecular formula is C25H31N3O3S. The van der Waals surface area contributed by atoms with Gasteiger partial charge in [-0.25, -0.2) is 4.98 Å². The van der Waals surface area contributed by atoms with Crippen LogP contribution in [0.15, 0.2) is 53.9 Å². The van der Waals surface area contributed by atoms with Crippen LogP contribution in [0.2, 0.25) is 0 Å². The Morgan fingerprint density at radius 1 is 1.06 bits per heavy atom. The van der Waals surface area contributed by atoms with Gasteiger partial charge < -0.3 is 19.7 Å². The summed E-state index contributed by atoms with van der Waals surface area (Å²) < 4.78 is 10.3. The standard InChI is InChI=1S/C25H31N3O3S/c1-25(2,3)22-17-32-24(27-22)28(20-10-12-21(31-5)13-11-20)16-18-6-8-19(9-7-18)23(29)26-14-15-30-4/h6-13,17H,14-16H2,1-5H3,(H,26,29). The zero-order chi connectivity index (χ0) is 23.1. The molecule has 6 nitrogen and oxygen atoms in total. The van der Waals surface area contributed by atoms with Crippen LogP contribution < -0.4 is 15.0 Å². The third-order valence-corrected chi connectivity index (χ3v) is 5.89. The van der Waals surface area contributed by atoms with E-state index in [0.29, 0.717) is 25.3 Å². The average molecular weight is 454 g/mol. The fraction of sp³-hybridized carbons (Fsp3) is 0.360. The molecule has 170 valence electrons. The normalized spacial score (nSPS) is 11.3. The van der Waals surface area contributed by atoms with Gasteiger partial charge in [-0.2, -0.15) is 0 Å². The number of methoxy groups -OCH3 is 2. The van der Waals surface area contributed by atoms with Crippen molar-refractivity contribution in [1.29, 1.82) is 0 Å². The second-order valence-corrected chi connectivity index (χ2v) is 9.33. The van der Waals surface area contributed by atoms with Crippen molar-refractivity contribution in [3.8, 4) is 5.75 Å². The first-order valence-corrected chi connectivity index (χ1v) is 11.4. The van der Waals surface area contributed by atoms with E-state index in [-0.39, 0.29) is 11.3 Å². The molecule has 0 aliphatic rings. The third-order valence-electron chi connectivity index (χ3n) is 5.02. The van der Waals surface area contributed by atoms with Gasteiger partial charge >= 0.3 is 0 Å². The Labute approximate surface area is 194 Å². The first kappa shape index (κ1) is 23.8. The van der Waals surface area contributed by atoms with Gasteiger partial charge in [0.25, 0.3) is 5.91 Å². The maximum atomic E-state index is 12.3. The highest BCUT2D eigenvalue weighted by molar-refractivity contribution is 7.13. The van der Waals surface area contributed by atoms with Crippen molar-refractivity contribution < 1.29 is 14.3 Å². The van der Waals surface area contributed by atoms with Crippen LogP contribution in [0.25, 0.3) is 0 Å². The lowest BCUT2D eigenvalue weighted by molar-refractivity contribution is 0.0937. The Bertz CT molecular complexity index is 1010. The van der Waals surface area contributed by atoms with E-state index < -0.39 is 0 Å². The quantitative estimate of drug-likeness (QED) is 0.453. The first-order chi connectivity index (χ1) is 15.3. The molecule has 2 aromatic carbocycles. The van der Waals surface area contributed by atoms with Gasteiger partial charge in [-0.1, -0.05) is 32.9 Å². The minimum absolute atomic E-state index is 0.0157. The largest absolute Gasteiger partial charge is 0.497 e. The molecule has 1 heterocycles. The molecule has 3 aromatic rings. The summed E-state index contributed by atoms with van der Waals surface area (Å²) in [6, 6.07) is 15.7. The average Bonchev–Trinajstić information content (AvgIpc) is 3.29. The second kappa shape index (κ2) is 10.6. The van der Waals surface area contributed by atoms with Crippen LogP contribution in [0.3, 0.4) is 0 Å². The molecule has 0 saturated heterocycles. The number of thiazole rings is 1. The molecule has 0 aliphatic carbocycles. The van der Waals surface area contributed by atoms with Crippen molar-refractivity contribution in [2.24, 2.45) is 0 Å². The highest BCUT2D eigenvalue weighted by Crippen LogP contribution is 2.34. The smallest absolute Gasteiger partial charge is 0.251 e. The van der Waals surface area contributed by atoms with Crippen molar-refractivity contribution in [1.82, 2.24) is 10.3 Å². The monoisotopic (exact) mass is 453 g/mol. The number of aromatic nitrogens is 1. The summed E-state index contributed by atoms with van der Waals surface area (Å²) in [7, 11) is 3.28. The Morgan fingerprint density at radius 3 is 2.31 bits per heavy atom. The summed E-state index contributed by atoms with van der Waals surface area (Å²) in [5.41, 5.74) is 3.80. The van der Waals surface area contributed by atoms with E-state index in [1.165, 1.54) is 0 Å². The number of carbonyl (C=O) groups is 1. The number of amides is 1. The van der Waals surface area contributed by atoms with Gasteiger partial charge in [-0.15, -0.1) is 11.3 Å². The molecule has 0 atom stereocenters. The lowest BCUT2D eigenvalue weighted by Gasteiger charge is -2.23. The maximum absolute atomic E-state index is 12.3. The van der Waals surface area contributed by atoms with Crippen LogP contribution in [0, 0.1) is 0 Å². The number of anilines is 2. The summed E-state index contributed by atoms with van der Waals surface area (Å²) in [6.45, 7) is 8.11. The Kier molecular flexibility index (Phi) is 7.88. The van der Waals surface area contributed by atoms with Gasteiger partial charge in [0.15, 0.2) is 5.13 Å². The second-order valence-electron chi connectivity index (χ2n) is 8.50. The van der Waals surface area contributed by atoms with Gasteiger partial charge in [0.2, 0.25) is 0 Å². The Balaban J connectivity index is 1.84. The maximum Gasteiger partial charge on any atom is 0.251 e. The van der Waals surface area contributed by atoms with Gasteiger partial charge in [0, 0.05) is 35.7 Å². The predicted molar refractivity (Wildman–Crippen MR) is 130 cm³/mol. The fourth-order valence-electron chi connectivity index (χ4n) is 3.08. The number of rotatable bonds is 9. The van der Waals surface area contributed by atoms with Crippen LogP contribution in [-0.2, 0) is 16.7 Å². The molecule has 1 N–H and O–H groups in total. The third kappa shape index (κ3) is 6.08. The molecule has 3 rings (SSSR count). The zero-order valence-electron chi connectivity index (χ0n) is 19.3. The van der Waals surface area contributed by atoms with Crippen molar-refractivity contribution >= 4 is 28.1 Å². The lowest BCUT2D eigenvalue weighted by Crippen LogP contribution is -2.26. The highest BCUT2D eigenvalue weighted by Gasteiger charge is 2.21. The van der Waals surface area contributed by atoms with E-state index in [1.54, 1.807) is 25.6 Å². The molecule has 1 amide bonds. The molecule has 0 fully saturated rings. The predicted octanol–water partition coefficient (Wildman–Crippen LogP) is 5.16. The van der Waals surface area contributed by atoms with Gasteiger partial charge in [-0.05, 0) is 42.0 Å². The molecule has 7 heteroatoms. The van der Waals surface area contributed by atoms with E-state index >= 15 is 0 Å². The van der Waals surface area contributed by atoms with E-state index in [4.69, 9.17) is 14.5 Å². The Hall–Kier alpha value is -2.90. The first-order valence-electron chi connectivity index (χ1n) is 10.6. The molecule has 0 radical (unpaired) electrons. The lowest BCUT2D eigenvalue weighted by atomic mass is 9.93. The fourth-order valence-corrected chi connectivity index (χ4v) is 4.15. The highest BCUT2D eigenvalue weighted by atomic mass is 32.1. The summed E-state index contributed by atoms with van der Waals surface area (Å²) >= 11 is 1.64. The van der Waals surface area contributed by atoms with E-state index in [2.05, 4.69) is 36.4 Å². The van der Waals surface area contributed by atoms with Crippen LogP contribution in [-0.4, -0.2) is 38.3 Å². The molecule has 0 spiro atoms. The summed E-state index contributed by atoms with van der Waals surface area (Å²) in [5.74, 6) is 0.711. The van der Waals surface area contributed by atoms with E-state index in [1.807, 2.05) is 48.5 Å². The van der Waals surface area contributed by atoms with Crippen LogP contribution in [0.1, 0.15) is 42.4 Å². The van der Waals surface area contributed by atoms with Crippen LogP contribution >= 0.6 is 11.3 Å². The number of nitrogens with zero attached hydrogens (tertiary/aromatic N) is 2. The zero-order valence-corrected chi connectivity index (χ0v) is 20.2. The number of benzene rings is 2. The number of ether oxygens (including phenoxy) is 2.